The molecule has 1 aromatic heterocycles. The number of fused-ring (bicyclic) bond motifs is 1. The molecule has 2 heterocycles. The predicted octanol–water partition coefficient (Wildman–Crippen LogP) is 2.40. The van der Waals surface area contributed by atoms with E-state index in [1.54, 1.807) is 18.7 Å². The van der Waals surface area contributed by atoms with Gasteiger partial charge in [-0.15, -0.1) is 11.3 Å². The van der Waals surface area contributed by atoms with Gasteiger partial charge in [0.1, 0.15) is 5.00 Å². The van der Waals surface area contributed by atoms with E-state index in [0.29, 0.717) is 43.1 Å². The van der Waals surface area contributed by atoms with Crippen LogP contribution in [0.25, 0.3) is 0 Å². The van der Waals surface area contributed by atoms with Gasteiger partial charge < -0.3 is 19.7 Å². The highest BCUT2D eigenvalue weighted by Gasteiger charge is 2.31. The third kappa shape index (κ3) is 3.64. The number of nitrogens with one attached hydrogen (secondary N) is 1. The number of nitrogens with zero attached hydrogens (tertiary/aromatic N) is 1. The summed E-state index contributed by atoms with van der Waals surface area (Å²) >= 11 is 1.31. The molecule has 0 unspecified atom stereocenters. The van der Waals surface area contributed by atoms with E-state index in [0.717, 1.165) is 10.4 Å². The van der Waals surface area contributed by atoms with Crippen molar-refractivity contribution in [2.24, 2.45) is 0 Å². The Morgan fingerprint density at radius 2 is 2.04 bits per heavy atom. The quantitative estimate of drug-likeness (QED) is 0.851. The number of ether oxygens (including phenoxy) is 2. The number of methoxy groups -OCH3 is 1. The molecule has 2 amide bonds. The van der Waals surface area contributed by atoms with Gasteiger partial charge in [0.2, 0.25) is 5.91 Å². The Hall–Kier alpha value is -2.09. The molecule has 2 rings (SSSR count). The molecule has 0 radical (unpaired) electrons. The zero-order valence-electron chi connectivity index (χ0n) is 13.4. The molecule has 7 nitrogen and oxygen atoms in total. The van der Waals surface area contributed by atoms with Crippen molar-refractivity contribution >= 4 is 34.3 Å². The molecule has 0 bridgehead atoms. The van der Waals surface area contributed by atoms with Crippen molar-refractivity contribution in [2.75, 3.05) is 25.6 Å². The Morgan fingerprint density at radius 3 is 2.65 bits per heavy atom. The monoisotopic (exact) mass is 340 g/mol. The first-order valence-electron chi connectivity index (χ1n) is 7.46. The number of anilines is 1. The maximum absolute atomic E-state index is 12.1. The fourth-order valence-electron chi connectivity index (χ4n) is 2.40. The fraction of sp³-hybridized carbons (Fsp3) is 0.533. The molecule has 1 aromatic rings. The second kappa shape index (κ2) is 7.45. The topological polar surface area (TPSA) is 84.9 Å². The van der Waals surface area contributed by atoms with Crippen molar-refractivity contribution in [2.45, 2.75) is 33.2 Å². The first-order valence-corrected chi connectivity index (χ1v) is 8.27. The van der Waals surface area contributed by atoms with Crippen LogP contribution in [-0.2, 0) is 27.2 Å². The highest BCUT2D eigenvalue weighted by Crippen LogP contribution is 2.37. The molecule has 1 aliphatic heterocycles. The molecule has 0 atom stereocenters. The van der Waals surface area contributed by atoms with E-state index < -0.39 is 5.97 Å². The molecule has 8 heteroatoms. The molecule has 0 saturated heterocycles. The average Bonchev–Trinajstić information content (AvgIpc) is 2.90. The molecule has 0 aliphatic carbocycles. The van der Waals surface area contributed by atoms with Gasteiger partial charge in [-0.3, -0.25) is 4.79 Å². The normalized spacial score (nSPS) is 13.3. The molecule has 0 saturated carbocycles. The van der Waals surface area contributed by atoms with Crippen LogP contribution < -0.4 is 5.32 Å². The zero-order valence-corrected chi connectivity index (χ0v) is 14.2. The van der Waals surface area contributed by atoms with Crippen LogP contribution in [-0.4, -0.2) is 43.1 Å². The van der Waals surface area contributed by atoms with E-state index in [9.17, 15) is 14.4 Å². The van der Waals surface area contributed by atoms with E-state index in [-0.39, 0.29) is 12.0 Å². The van der Waals surface area contributed by atoms with Crippen molar-refractivity contribution < 1.29 is 23.9 Å². The van der Waals surface area contributed by atoms with Gasteiger partial charge in [0.25, 0.3) is 0 Å². The van der Waals surface area contributed by atoms with Gasteiger partial charge in [-0.1, -0.05) is 6.92 Å². The first-order chi connectivity index (χ1) is 11.0. The highest BCUT2D eigenvalue weighted by molar-refractivity contribution is 7.17. The van der Waals surface area contributed by atoms with Gasteiger partial charge in [0.05, 0.1) is 25.8 Å². The number of amides is 2. The summed E-state index contributed by atoms with van der Waals surface area (Å²) in [6.07, 6.45) is 0.472. The molecule has 0 fully saturated rings. The van der Waals surface area contributed by atoms with E-state index in [4.69, 9.17) is 9.47 Å². The smallest absolute Gasteiger partial charge is 0.410 e. The molecule has 0 spiro atoms. The largest absolute Gasteiger partial charge is 0.465 e. The van der Waals surface area contributed by atoms with Crippen LogP contribution in [0.3, 0.4) is 0 Å². The minimum Gasteiger partial charge on any atom is -0.465 e. The second-order valence-corrected chi connectivity index (χ2v) is 6.08. The van der Waals surface area contributed by atoms with Crippen molar-refractivity contribution in [1.82, 2.24) is 4.90 Å². The van der Waals surface area contributed by atoms with Crippen LogP contribution in [0, 0.1) is 0 Å². The number of hydrogen-bond acceptors (Lipinski definition) is 6. The summed E-state index contributed by atoms with van der Waals surface area (Å²) in [4.78, 5) is 38.1. The third-order valence-corrected chi connectivity index (χ3v) is 4.68. The Balaban J connectivity index is 2.32. The van der Waals surface area contributed by atoms with Crippen LogP contribution in [0.2, 0.25) is 0 Å². The number of carbonyl (C=O) groups is 3. The van der Waals surface area contributed by atoms with E-state index in [2.05, 4.69) is 5.32 Å². The summed E-state index contributed by atoms with van der Waals surface area (Å²) in [7, 11) is 1.31. The Kier molecular flexibility index (Phi) is 5.59. The predicted molar refractivity (Wildman–Crippen MR) is 85.7 cm³/mol. The van der Waals surface area contributed by atoms with Crippen LogP contribution in [0.1, 0.15) is 41.1 Å². The minimum absolute atomic E-state index is 0.170. The number of hydrogen-bond donors (Lipinski definition) is 1. The lowest BCUT2D eigenvalue weighted by Crippen LogP contribution is -2.36. The van der Waals surface area contributed by atoms with Crippen molar-refractivity contribution in [3.8, 4) is 0 Å². The van der Waals surface area contributed by atoms with Crippen LogP contribution >= 0.6 is 11.3 Å². The summed E-state index contributed by atoms with van der Waals surface area (Å²) in [5.74, 6) is -0.644. The summed E-state index contributed by atoms with van der Waals surface area (Å²) in [6, 6.07) is 0. The lowest BCUT2D eigenvalue weighted by molar-refractivity contribution is -0.115. The summed E-state index contributed by atoms with van der Waals surface area (Å²) in [5, 5.41) is 3.23. The SMILES string of the molecule is CCOC(=O)N1CCc2c(sc(NC(=O)CC)c2C(=O)OC)C1. The Morgan fingerprint density at radius 1 is 1.30 bits per heavy atom. The number of esters is 1. The van der Waals surface area contributed by atoms with Crippen molar-refractivity contribution in [3.63, 3.8) is 0 Å². The summed E-state index contributed by atoms with van der Waals surface area (Å²) in [6.45, 7) is 4.64. The van der Waals surface area contributed by atoms with Crippen molar-refractivity contribution in [3.05, 3.63) is 16.0 Å². The van der Waals surface area contributed by atoms with Gasteiger partial charge in [-0.25, -0.2) is 9.59 Å². The fourth-order valence-corrected chi connectivity index (χ4v) is 3.66. The van der Waals surface area contributed by atoms with E-state index in [1.165, 1.54) is 18.4 Å². The summed E-state index contributed by atoms with van der Waals surface area (Å²) < 4.78 is 9.85. The third-order valence-electron chi connectivity index (χ3n) is 3.55. The number of rotatable bonds is 4. The van der Waals surface area contributed by atoms with Gasteiger partial charge in [0, 0.05) is 17.8 Å². The molecule has 0 aromatic carbocycles. The van der Waals surface area contributed by atoms with Gasteiger partial charge >= 0.3 is 12.1 Å². The Bertz CT molecular complexity index is 626. The molecular formula is C15H20N2O5S. The van der Waals surface area contributed by atoms with Gasteiger partial charge in [0.15, 0.2) is 0 Å². The molecular weight excluding hydrogens is 320 g/mol. The highest BCUT2D eigenvalue weighted by atomic mass is 32.1. The van der Waals surface area contributed by atoms with Crippen LogP contribution in [0.4, 0.5) is 9.80 Å². The molecule has 1 aliphatic rings. The molecule has 1 N–H and O–H groups in total. The standard InChI is InChI=1S/C15H20N2O5S/c1-4-11(18)16-13-12(14(19)21-3)9-6-7-17(8-10(9)23-13)15(20)22-5-2/h4-8H2,1-3H3,(H,16,18). The maximum Gasteiger partial charge on any atom is 0.410 e. The lowest BCUT2D eigenvalue weighted by Gasteiger charge is -2.26. The Labute approximate surface area is 138 Å². The van der Waals surface area contributed by atoms with E-state index in [1.807, 2.05) is 0 Å². The molecule has 23 heavy (non-hydrogen) atoms. The van der Waals surface area contributed by atoms with Crippen LogP contribution in [0.15, 0.2) is 0 Å². The number of carbonyl (C=O) groups excluding carboxylic acids is 3. The van der Waals surface area contributed by atoms with Gasteiger partial charge in [-0.05, 0) is 18.9 Å². The number of thiophene rings is 1. The molecule has 126 valence electrons. The van der Waals surface area contributed by atoms with Crippen LogP contribution in [0.5, 0.6) is 0 Å². The van der Waals surface area contributed by atoms with Crippen molar-refractivity contribution in [1.29, 1.82) is 0 Å². The second-order valence-electron chi connectivity index (χ2n) is 4.97. The summed E-state index contributed by atoms with van der Waals surface area (Å²) in [5.41, 5.74) is 1.24. The average molecular weight is 340 g/mol. The van der Waals surface area contributed by atoms with Gasteiger partial charge in [-0.2, -0.15) is 0 Å². The lowest BCUT2D eigenvalue weighted by atomic mass is 10.0. The minimum atomic E-state index is -0.474. The zero-order chi connectivity index (χ0) is 17.0. The first kappa shape index (κ1) is 17.3. The van der Waals surface area contributed by atoms with E-state index >= 15 is 0 Å². The maximum atomic E-state index is 12.1.